The Labute approximate surface area is 490 Å². The summed E-state index contributed by atoms with van der Waals surface area (Å²) in [4.78, 5) is 28.4. The fourth-order valence-corrected chi connectivity index (χ4v) is 13.3. The average Bonchev–Trinajstić information content (AvgIpc) is 3.64. The van der Waals surface area contributed by atoms with Crippen LogP contribution < -0.4 is 134 Å². The van der Waals surface area contributed by atoms with Crippen molar-refractivity contribution >= 4 is 65.2 Å². The molecule has 1 saturated heterocycles. The van der Waals surface area contributed by atoms with Crippen LogP contribution in [-0.2, 0) is 23.1 Å². The van der Waals surface area contributed by atoms with Gasteiger partial charge in [0.1, 0.15) is 11.9 Å². The molecule has 0 aromatic heterocycles. The molecule has 1 fully saturated rings. The molecule has 0 N–H and O–H groups in total. The first-order chi connectivity index (χ1) is 30.7. The Hall–Kier alpha value is -2.38. The molecule has 1 heterocycles. The summed E-state index contributed by atoms with van der Waals surface area (Å²) < 4.78 is 1.09. The Morgan fingerprint density at radius 2 is 1.05 bits per heavy atom. The van der Waals surface area contributed by atoms with Crippen LogP contribution in [0.1, 0.15) is 48.9 Å². The van der Waals surface area contributed by atoms with Crippen molar-refractivity contribution in [3.63, 3.8) is 0 Å². The zero-order chi connectivity index (χ0) is 46.8. The van der Waals surface area contributed by atoms with E-state index in [2.05, 4.69) is 207 Å². The fourth-order valence-electron chi connectivity index (χ4n) is 7.77. The van der Waals surface area contributed by atoms with Crippen LogP contribution in [0.5, 0.6) is 0 Å². The van der Waals surface area contributed by atoms with Crippen LogP contribution in [0.4, 0.5) is 5.69 Å². The maximum atomic E-state index is 9.27. The van der Waals surface area contributed by atoms with Crippen LogP contribution in [0, 0.1) is 33.9 Å². The first-order valence-electron chi connectivity index (χ1n) is 20.3. The first kappa shape index (κ1) is 59.7. The normalized spacial score (nSPS) is 14.0. The van der Waals surface area contributed by atoms with Crippen molar-refractivity contribution in [2.75, 3.05) is 31.1 Å². The molecule has 5 aromatic rings. The quantitative estimate of drug-likeness (QED) is 0.135. The van der Waals surface area contributed by atoms with Crippen molar-refractivity contribution in [2.24, 2.45) is 0 Å². The molecule has 332 valence electrons. The number of benzene rings is 5. The second kappa shape index (κ2) is 31.0. The third-order valence-electron chi connectivity index (χ3n) is 9.92. The molecule has 1 aliphatic heterocycles. The number of rotatable bonds is 8. The van der Waals surface area contributed by atoms with Crippen molar-refractivity contribution in [2.45, 2.75) is 47.5 Å². The molecule has 5 aromatic carbocycles. The minimum atomic E-state index is -2.24. The molecule has 14 heteroatoms. The molecule has 1 atom stereocenters. The minimum absolute atomic E-state index is 0. The fraction of sp³-hybridized carbons (Fsp3) is 0.212. The van der Waals surface area contributed by atoms with E-state index in [1.165, 1.54) is 66.3 Å². The number of carbonyl (C=O) groups excluding carboxylic acids is 2. The molecule has 1 aliphatic carbocycles. The molecule has 0 saturated carbocycles. The molecule has 0 amide bonds. The third-order valence-corrected chi connectivity index (χ3v) is 15.3. The summed E-state index contributed by atoms with van der Waals surface area (Å²) in [6, 6.07) is 47.6. The van der Waals surface area contributed by atoms with E-state index in [1.54, 1.807) is 0 Å². The summed E-state index contributed by atoms with van der Waals surface area (Å²) in [7, 11) is 13.3. The van der Waals surface area contributed by atoms with E-state index in [0.717, 1.165) is 17.4 Å². The number of anilines is 1. The maximum absolute atomic E-state index is 9.27. The molecule has 66 heavy (non-hydrogen) atoms. The van der Waals surface area contributed by atoms with Gasteiger partial charge in [-0.1, -0.05) is 91.0 Å². The number of carbonyl (C=O) groups is 2. The van der Waals surface area contributed by atoms with Gasteiger partial charge in [-0.3, -0.25) is 0 Å². The summed E-state index contributed by atoms with van der Waals surface area (Å²) in [6.45, 7) is 25.8. The van der Waals surface area contributed by atoms with E-state index < -0.39 is 46.5 Å². The third kappa shape index (κ3) is 17.9. The predicted octanol–water partition coefficient (Wildman–Crippen LogP) is 2.48. The largest absolute Gasteiger partial charge is 1.00 e. The maximum Gasteiger partial charge on any atom is 1.00 e. The number of hydrogen-bond donors (Lipinski definition) is 0. The van der Waals surface area contributed by atoms with E-state index in [4.69, 9.17) is 32.5 Å². The second-order valence-electron chi connectivity index (χ2n) is 14.9. The van der Waals surface area contributed by atoms with Crippen molar-refractivity contribution in [1.29, 1.82) is 0 Å². The van der Waals surface area contributed by atoms with Gasteiger partial charge in [-0.25, -0.2) is 13.1 Å². The number of carboxylic acids is 2. The van der Waals surface area contributed by atoms with Crippen LogP contribution in [0.2, 0.25) is 0 Å². The predicted molar refractivity (Wildman–Crippen MR) is 259 cm³/mol. The standard InChI is InChI=1S/C28H32N2.C18H15P.2C3H3NO2.2ClH.2K.Ru/c1-19-14-21(3)26(25-10-8-7-9-11-25)28(24(6)17-19)30-13-12-29(18-30)27-22(4)15-20(2)16-23(27)5;1-4-10-16(11-5-1)19(17-12-6-2-7-13-17)18-14-8-3-9-15-18;2*1-4-2-3(5)6;;;;;/h7-11,14-17,26H,12-13H2,1-6H3;1-15H;2*2H2,(H,5,6);2*1H;;;/q;;;;;;2*+1;+2/p-4. The Balaban J connectivity index is 0.000000381. The molecule has 8 nitrogen and oxygen atoms in total. The van der Waals surface area contributed by atoms with Gasteiger partial charge in [0.15, 0.2) is 0 Å². The topological polar surface area (TPSA) is 95.5 Å². The smallest absolute Gasteiger partial charge is 0.543 e. The van der Waals surface area contributed by atoms with Gasteiger partial charge < -0.3 is 29.5 Å². The second-order valence-corrected chi connectivity index (χ2v) is 22.8. The number of carboxylic acid groups (broad SMARTS) is 2. The van der Waals surface area contributed by atoms with E-state index in [9.17, 15) is 19.8 Å². The van der Waals surface area contributed by atoms with Gasteiger partial charge in [-0.15, -0.1) is 0 Å². The van der Waals surface area contributed by atoms with Gasteiger partial charge in [0.2, 0.25) is 0 Å². The summed E-state index contributed by atoms with van der Waals surface area (Å²) in [5, 5.41) is 22.7. The molecule has 2 aliphatic rings. The number of nitrogens with zero attached hydrogens (tertiary/aromatic N) is 4. The van der Waals surface area contributed by atoms with Crippen LogP contribution in [0.25, 0.3) is 9.69 Å². The monoisotopic (exact) mass is 1080 g/mol. The molecular formula is C52H51Cl2K2N4O4PRu. The Kier molecular flexibility index (Phi) is 28.0. The van der Waals surface area contributed by atoms with Gasteiger partial charge in [0, 0.05) is 0 Å². The Bertz CT molecular complexity index is 2460. The molecule has 1 unspecified atom stereocenters. The van der Waals surface area contributed by atoms with E-state index in [1.807, 2.05) is 0 Å². The van der Waals surface area contributed by atoms with E-state index in [-0.39, 0.29) is 109 Å². The van der Waals surface area contributed by atoms with Gasteiger partial charge in [0.05, 0.1) is 0 Å². The number of aryl methyl sites for hydroxylation is 3. The summed E-state index contributed by atoms with van der Waals surface area (Å²) in [5.74, 6) is -2.47. The molecule has 0 radical (unpaired) electrons. The Morgan fingerprint density at radius 3 is 1.41 bits per heavy atom. The summed E-state index contributed by atoms with van der Waals surface area (Å²) >= 11 is -2.24. The molecule has 0 bridgehead atoms. The summed E-state index contributed by atoms with van der Waals surface area (Å²) in [5.41, 5.74) is 11.6. The van der Waals surface area contributed by atoms with E-state index >= 15 is 0 Å². The number of allylic oxidation sites excluding steroid dienone is 5. The zero-order valence-corrected chi connectivity index (χ0v) is 49.1. The minimum Gasteiger partial charge on any atom is -0.543 e. The van der Waals surface area contributed by atoms with Gasteiger partial charge in [-0.05, 0) is 23.8 Å². The molecule has 0 spiro atoms. The van der Waals surface area contributed by atoms with Crippen LogP contribution in [0.3, 0.4) is 0 Å². The first-order valence-corrected chi connectivity index (χ1v) is 27.0. The van der Waals surface area contributed by atoms with Crippen molar-refractivity contribution in [3.05, 3.63) is 213 Å². The van der Waals surface area contributed by atoms with Gasteiger partial charge in [0.25, 0.3) is 13.1 Å². The van der Waals surface area contributed by atoms with Gasteiger partial charge >= 0.3 is 315 Å². The van der Waals surface area contributed by atoms with Gasteiger partial charge in [-0.2, -0.15) is 0 Å². The van der Waals surface area contributed by atoms with Crippen molar-refractivity contribution < 1.29 is 136 Å². The molecular weight excluding hydrogens is 1030 g/mol. The van der Waals surface area contributed by atoms with E-state index in [0.29, 0.717) is 0 Å². The number of halogens is 2. The zero-order valence-electron chi connectivity index (χ0n) is 38.7. The Morgan fingerprint density at radius 1 is 0.652 bits per heavy atom. The summed E-state index contributed by atoms with van der Waals surface area (Å²) in [6.07, 6.45) is 4.61. The van der Waals surface area contributed by atoms with Crippen LogP contribution in [-0.4, -0.2) is 47.4 Å². The SMILES string of the molecule is CC1=CC(C)=C(N2CCN(c3c(C)cc(C)cc3C)[C]2=[Ru]([Cl])[Cl])C(c2ccccc2)C(C)=C1.[C-]#[N+]CC(=O)[O-].[C-]#[N+]CC(=O)[O-].[K+].[K+].c1ccc(P(c2ccccc2)c2ccccc2)cc1. The van der Waals surface area contributed by atoms with Crippen molar-refractivity contribution in [3.8, 4) is 0 Å². The van der Waals surface area contributed by atoms with Crippen molar-refractivity contribution in [1.82, 2.24) is 4.90 Å². The average molecular weight is 1080 g/mol. The molecule has 7 rings (SSSR count). The van der Waals surface area contributed by atoms with Crippen LogP contribution >= 0.6 is 27.3 Å². The van der Waals surface area contributed by atoms with Crippen LogP contribution in [0.15, 0.2) is 168 Å². The number of hydrogen-bond acceptors (Lipinski definition) is 6. The number of aliphatic carboxylic acids is 2.